The van der Waals surface area contributed by atoms with Gasteiger partial charge in [0.05, 0.1) is 0 Å². The molecule has 0 unspecified atom stereocenters. The van der Waals surface area contributed by atoms with E-state index in [1.54, 1.807) is 0 Å². The van der Waals surface area contributed by atoms with Gasteiger partial charge in [0.15, 0.2) is 0 Å². The van der Waals surface area contributed by atoms with Crippen molar-refractivity contribution < 1.29 is 0 Å². The van der Waals surface area contributed by atoms with Gasteiger partial charge < -0.3 is 0 Å². The standard InChI is InChI=1S/C6H15BN2/c1-4-5-6(2,3)9(7)8/h4-5,8H2,1-3H3. The largest absolute Gasteiger partial charge is 0.295 e. The first-order valence-electron chi connectivity index (χ1n) is 3.30. The summed E-state index contributed by atoms with van der Waals surface area (Å²) in [5.74, 6) is 5.37. The lowest BCUT2D eigenvalue weighted by atomic mass is 9.96. The van der Waals surface area contributed by atoms with Crippen molar-refractivity contribution in [2.45, 2.75) is 39.2 Å². The average Bonchev–Trinajstić information content (AvgIpc) is 1.65. The molecule has 0 fully saturated rings. The Morgan fingerprint density at radius 1 is 1.56 bits per heavy atom. The number of hydrazine groups is 1. The molecule has 2 N–H and O–H groups in total. The summed E-state index contributed by atoms with van der Waals surface area (Å²) in [4.78, 5) is 1.27. The summed E-state index contributed by atoms with van der Waals surface area (Å²) in [6, 6.07) is 0. The number of nitrogens with zero attached hydrogens (tertiary/aromatic N) is 1. The highest BCUT2D eigenvalue weighted by molar-refractivity contribution is 6.04. The first-order valence-corrected chi connectivity index (χ1v) is 3.30. The predicted octanol–water partition coefficient (Wildman–Crippen LogP) is 0.824. The Morgan fingerprint density at radius 3 is 2.11 bits per heavy atom. The second-order valence-electron chi connectivity index (χ2n) is 2.97. The van der Waals surface area contributed by atoms with Crippen LogP contribution in [0.15, 0.2) is 0 Å². The highest BCUT2D eigenvalue weighted by Gasteiger charge is 2.18. The normalized spacial score (nSPS) is 12.6. The van der Waals surface area contributed by atoms with Crippen molar-refractivity contribution in [3.05, 3.63) is 0 Å². The van der Waals surface area contributed by atoms with E-state index in [9.17, 15) is 0 Å². The van der Waals surface area contributed by atoms with Crippen LogP contribution in [0.4, 0.5) is 0 Å². The highest BCUT2D eigenvalue weighted by Crippen LogP contribution is 2.14. The predicted molar refractivity (Wildman–Crippen MR) is 40.8 cm³/mol. The van der Waals surface area contributed by atoms with Gasteiger partial charge in [-0.05, 0) is 20.3 Å². The Bertz CT molecular complexity index is 81.1. The second kappa shape index (κ2) is 3.23. The zero-order chi connectivity index (χ0) is 7.49. The molecule has 2 radical (unpaired) electrons. The summed E-state index contributed by atoms with van der Waals surface area (Å²) in [6.45, 7) is 6.16. The lowest BCUT2D eigenvalue weighted by Gasteiger charge is -2.32. The summed E-state index contributed by atoms with van der Waals surface area (Å²) >= 11 is 0. The minimum atomic E-state index is -0.0608. The van der Waals surface area contributed by atoms with Crippen molar-refractivity contribution in [2.75, 3.05) is 0 Å². The van der Waals surface area contributed by atoms with Crippen LogP contribution in [-0.4, -0.2) is 18.4 Å². The van der Waals surface area contributed by atoms with E-state index in [4.69, 9.17) is 13.8 Å². The van der Waals surface area contributed by atoms with Crippen LogP contribution in [0, 0.1) is 0 Å². The molecule has 0 bridgehead atoms. The number of rotatable bonds is 3. The maximum atomic E-state index is 5.37. The molecule has 0 spiro atoms. The fraction of sp³-hybridized carbons (Fsp3) is 1.00. The van der Waals surface area contributed by atoms with Gasteiger partial charge in [0, 0.05) is 5.54 Å². The van der Waals surface area contributed by atoms with E-state index in [-0.39, 0.29) is 5.54 Å². The molecule has 0 aliphatic heterocycles. The SMILES string of the molecule is [B]N(N)C(C)(C)CCC. The monoisotopic (exact) mass is 126 g/mol. The number of hydrogen-bond acceptors (Lipinski definition) is 2. The van der Waals surface area contributed by atoms with Crippen LogP contribution >= 0.6 is 0 Å². The van der Waals surface area contributed by atoms with E-state index >= 15 is 0 Å². The quantitative estimate of drug-likeness (QED) is 0.344. The van der Waals surface area contributed by atoms with Crippen molar-refractivity contribution in [3.8, 4) is 0 Å². The van der Waals surface area contributed by atoms with Crippen LogP contribution in [0.25, 0.3) is 0 Å². The van der Waals surface area contributed by atoms with Crippen LogP contribution in [-0.2, 0) is 0 Å². The van der Waals surface area contributed by atoms with E-state index in [0.717, 1.165) is 12.8 Å². The molecular formula is C6H15BN2. The van der Waals surface area contributed by atoms with E-state index < -0.39 is 0 Å². The average molecular weight is 126 g/mol. The van der Waals surface area contributed by atoms with Gasteiger partial charge in [0.1, 0.15) is 0 Å². The smallest absolute Gasteiger partial charge is 0.207 e. The summed E-state index contributed by atoms with van der Waals surface area (Å²) < 4.78 is 0. The maximum Gasteiger partial charge on any atom is 0.207 e. The summed E-state index contributed by atoms with van der Waals surface area (Å²) in [7, 11) is 5.37. The van der Waals surface area contributed by atoms with Gasteiger partial charge in [-0.15, -0.1) is 0 Å². The van der Waals surface area contributed by atoms with E-state index in [2.05, 4.69) is 6.92 Å². The van der Waals surface area contributed by atoms with E-state index in [1.807, 2.05) is 13.8 Å². The van der Waals surface area contributed by atoms with Gasteiger partial charge in [0.25, 0.3) is 0 Å². The minimum absolute atomic E-state index is 0.0608. The van der Waals surface area contributed by atoms with E-state index in [0.29, 0.717) is 0 Å². The first-order chi connectivity index (χ1) is 4.00. The summed E-state index contributed by atoms with van der Waals surface area (Å²) in [5.41, 5.74) is -0.0608. The third kappa shape index (κ3) is 2.87. The fourth-order valence-electron chi connectivity index (χ4n) is 0.741. The maximum absolute atomic E-state index is 5.37. The molecule has 0 aromatic rings. The lowest BCUT2D eigenvalue weighted by molar-refractivity contribution is 0.223. The first kappa shape index (κ1) is 8.98. The Balaban J connectivity index is 3.70. The molecule has 0 saturated heterocycles. The number of nitrogens with two attached hydrogens (primary N) is 1. The van der Waals surface area contributed by atoms with Gasteiger partial charge in [-0.25, -0.2) is 0 Å². The van der Waals surface area contributed by atoms with Gasteiger partial charge in [0.2, 0.25) is 7.98 Å². The molecule has 3 heteroatoms. The Morgan fingerprint density at radius 2 is 2.00 bits per heavy atom. The third-order valence-electron chi connectivity index (χ3n) is 1.56. The molecule has 0 heterocycles. The molecule has 0 aromatic carbocycles. The van der Waals surface area contributed by atoms with Gasteiger partial charge in [-0.2, -0.15) is 0 Å². The van der Waals surface area contributed by atoms with Gasteiger partial charge in [-0.1, -0.05) is 13.3 Å². The molecule has 0 aliphatic rings. The fourth-order valence-corrected chi connectivity index (χ4v) is 0.741. The highest BCUT2D eigenvalue weighted by atomic mass is 15.4. The molecule has 0 amide bonds. The van der Waals surface area contributed by atoms with Gasteiger partial charge in [-0.3, -0.25) is 10.8 Å². The van der Waals surface area contributed by atoms with Crippen LogP contribution in [0.3, 0.4) is 0 Å². The van der Waals surface area contributed by atoms with Crippen LogP contribution in [0.5, 0.6) is 0 Å². The molecule has 0 atom stereocenters. The van der Waals surface area contributed by atoms with Crippen molar-refractivity contribution in [1.82, 2.24) is 4.92 Å². The minimum Gasteiger partial charge on any atom is -0.295 e. The molecule has 0 saturated carbocycles. The topological polar surface area (TPSA) is 29.3 Å². The van der Waals surface area contributed by atoms with Crippen LogP contribution in [0.1, 0.15) is 33.6 Å². The molecular weight excluding hydrogens is 111 g/mol. The summed E-state index contributed by atoms with van der Waals surface area (Å²) in [5, 5.41) is 0. The van der Waals surface area contributed by atoms with Gasteiger partial charge >= 0.3 is 0 Å². The second-order valence-corrected chi connectivity index (χ2v) is 2.97. The molecule has 2 nitrogen and oxygen atoms in total. The molecule has 0 rings (SSSR count). The molecule has 9 heavy (non-hydrogen) atoms. The third-order valence-corrected chi connectivity index (χ3v) is 1.56. The van der Waals surface area contributed by atoms with Crippen LogP contribution in [0.2, 0.25) is 0 Å². The van der Waals surface area contributed by atoms with Crippen molar-refractivity contribution in [2.24, 2.45) is 5.84 Å². The molecule has 0 aliphatic carbocycles. The Kier molecular flexibility index (Phi) is 3.22. The van der Waals surface area contributed by atoms with Crippen molar-refractivity contribution >= 4 is 7.98 Å². The summed E-state index contributed by atoms with van der Waals surface area (Å²) in [6.07, 6.45) is 2.14. The van der Waals surface area contributed by atoms with E-state index in [1.165, 1.54) is 4.92 Å². The number of hydrogen-bond donors (Lipinski definition) is 1. The van der Waals surface area contributed by atoms with Crippen LogP contribution < -0.4 is 5.84 Å². The molecule has 0 aromatic heterocycles. The zero-order valence-electron chi connectivity index (χ0n) is 6.52. The van der Waals surface area contributed by atoms with Crippen molar-refractivity contribution in [1.29, 1.82) is 0 Å². The Hall–Kier alpha value is -0.0151. The van der Waals surface area contributed by atoms with Crippen molar-refractivity contribution in [3.63, 3.8) is 0 Å². The Labute approximate surface area is 58.8 Å². The zero-order valence-corrected chi connectivity index (χ0v) is 6.52. The lowest BCUT2D eigenvalue weighted by Crippen LogP contribution is -2.46. The molecule has 52 valence electrons.